The van der Waals surface area contributed by atoms with Crippen LogP contribution in [0.2, 0.25) is 0 Å². The minimum atomic E-state index is -0.234. The Bertz CT molecular complexity index is 1120. The Kier molecular flexibility index (Phi) is 5.26. The third-order valence-corrected chi connectivity index (χ3v) is 5.18. The van der Waals surface area contributed by atoms with Gasteiger partial charge in [0.05, 0.1) is 17.1 Å². The van der Waals surface area contributed by atoms with E-state index in [9.17, 15) is 4.79 Å². The average molecular weight is 434 g/mol. The Morgan fingerprint density at radius 2 is 1.79 bits per heavy atom. The Labute approximate surface area is 172 Å². The maximum atomic E-state index is 12.7. The molecule has 1 atom stereocenters. The van der Waals surface area contributed by atoms with E-state index in [4.69, 9.17) is 4.98 Å². The van der Waals surface area contributed by atoms with E-state index in [2.05, 4.69) is 44.0 Å². The number of rotatable bonds is 5. The molecule has 0 spiro atoms. The third kappa shape index (κ3) is 3.85. The number of nitrogens with zero attached hydrogens (tertiary/aromatic N) is 2. The summed E-state index contributed by atoms with van der Waals surface area (Å²) in [6.45, 7) is 2.67. The summed E-state index contributed by atoms with van der Waals surface area (Å²) in [5.41, 5.74) is 3.80. The van der Waals surface area contributed by atoms with Crippen LogP contribution in [0.1, 0.15) is 34.7 Å². The highest BCUT2D eigenvalue weighted by Crippen LogP contribution is 2.23. The molecule has 1 N–H and O–H groups in total. The van der Waals surface area contributed by atoms with Crippen LogP contribution in [0.25, 0.3) is 11.0 Å². The predicted octanol–water partition coefficient (Wildman–Crippen LogP) is 5.34. The fraction of sp³-hybridized carbons (Fsp3) is 0.130. The van der Waals surface area contributed by atoms with Gasteiger partial charge in [-0.25, -0.2) is 4.98 Å². The standard InChI is InChI=1S/C23H20BrN3O/c1-16(25-23(28)18-10-7-11-19(24)14-18)22-26-20-12-5-6-13-21(20)27(22)15-17-8-3-2-4-9-17/h2-14,16H,15H2,1H3,(H,25,28). The van der Waals surface area contributed by atoms with Crippen LogP contribution >= 0.6 is 15.9 Å². The molecule has 0 radical (unpaired) electrons. The Balaban J connectivity index is 1.67. The van der Waals surface area contributed by atoms with Crippen LogP contribution in [0.5, 0.6) is 0 Å². The van der Waals surface area contributed by atoms with Gasteiger partial charge in [0.25, 0.3) is 5.91 Å². The van der Waals surface area contributed by atoms with Gasteiger partial charge in [0.2, 0.25) is 0 Å². The van der Waals surface area contributed by atoms with Crippen LogP contribution in [0.3, 0.4) is 0 Å². The van der Waals surface area contributed by atoms with Crippen molar-refractivity contribution in [2.45, 2.75) is 19.5 Å². The van der Waals surface area contributed by atoms with Crippen molar-refractivity contribution in [1.82, 2.24) is 14.9 Å². The van der Waals surface area contributed by atoms with Gasteiger partial charge >= 0.3 is 0 Å². The molecule has 0 bridgehead atoms. The minimum Gasteiger partial charge on any atom is -0.342 e. The highest BCUT2D eigenvalue weighted by Gasteiger charge is 2.19. The lowest BCUT2D eigenvalue weighted by Crippen LogP contribution is -2.28. The molecule has 1 aromatic heterocycles. The number of hydrogen-bond acceptors (Lipinski definition) is 2. The topological polar surface area (TPSA) is 46.9 Å². The minimum absolute atomic E-state index is 0.118. The molecule has 140 valence electrons. The second kappa shape index (κ2) is 7.98. The number of carbonyl (C=O) groups is 1. The monoisotopic (exact) mass is 433 g/mol. The fourth-order valence-corrected chi connectivity index (χ4v) is 3.73. The first-order chi connectivity index (χ1) is 13.6. The number of nitrogens with one attached hydrogen (secondary N) is 1. The van der Waals surface area contributed by atoms with Crippen LogP contribution in [0.15, 0.2) is 83.3 Å². The van der Waals surface area contributed by atoms with Crippen molar-refractivity contribution in [3.63, 3.8) is 0 Å². The van der Waals surface area contributed by atoms with E-state index in [-0.39, 0.29) is 11.9 Å². The van der Waals surface area contributed by atoms with Gasteiger partial charge in [-0.2, -0.15) is 0 Å². The number of amides is 1. The van der Waals surface area contributed by atoms with Gasteiger partial charge in [0.1, 0.15) is 5.82 Å². The molecule has 0 saturated carbocycles. The number of aromatic nitrogens is 2. The maximum Gasteiger partial charge on any atom is 0.251 e. The summed E-state index contributed by atoms with van der Waals surface area (Å²) in [5, 5.41) is 3.08. The zero-order valence-electron chi connectivity index (χ0n) is 15.5. The van der Waals surface area contributed by atoms with Crippen LogP contribution in [-0.4, -0.2) is 15.5 Å². The van der Waals surface area contributed by atoms with Crippen LogP contribution in [0, 0.1) is 0 Å². The maximum absolute atomic E-state index is 12.7. The molecule has 0 aliphatic carbocycles. The number of benzene rings is 3. The van der Waals surface area contributed by atoms with Crippen LogP contribution < -0.4 is 5.32 Å². The zero-order chi connectivity index (χ0) is 19.5. The van der Waals surface area contributed by atoms with Crippen molar-refractivity contribution >= 4 is 32.9 Å². The predicted molar refractivity (Wildman–Crippen MR) is 115 cm³/mol. The number of fused-ring (bicyclic) bond motifs is 1. The van der Waals surface area contributed by atoms with Crippen LogP contribution in [-0.2, 0) is 6.54 Å². The van der Waals surface area contributed by atoms with E-state index in [0.717, 1.165) is 21.3 Å². The second-order valence-corrected chi connectivity index (χ2v) is 7.65. The number of hydrogen-bond donors (Lipinski definition) is 1. The highest BCUT2D eigenvalue weighted by molar-refractivity contribution is 9.10. The first-order valence-electron chi connectivity index (χ1n) is 9.17. The second-order valence-electron chi connectivity index (χ2n) is 6.74. The third-order valence-electron chi connectivity index (χ3n) is 4.69. The largest absolute Gasteiger partial charge is 0.342 e. The SMILES string of the molecule is CC(NC(=O)c1cccc(Br)c1)c1nc2ccccc2n1Cc1ccccc1. The summed E-state index contributed by atoms with van der Waals surface area (Å²) in [5.74, 6) is 0.723. The van der Waals surface area contributed by atoms with Crippen molar-refractivity contribution in [3.05, 3.63) is 100 Å². The molecule has 4 nitrogen and oxygen atoms in total. The molecular formula is C23H20BrN3O. The summed E-state index contributed by atoms with van der Waals surface area (Å²) in [7, 11) is 0. The number of halogens is 1. The molecular weight excluding hydrogens is 414 g/mol. The van der Waals surface area contributed by atoms with Crippen LogP contribution in [0.4, 0.5) is 0 Å². The molecule has 0 saturated heterocycles. The molecule has 3 aromatic carbocycles. The summed E-state index contributed by atoms with van der Waals surface area (Å²) < 4.78 is 3.06. The Hall–Kier alpha value is -2.92. The molecule has 28 heavy (non-hydrogen) atoms. The van der Waals surface area contributed by atoms with E-state index in [1.807, 2.05) is 61.5 Å². The molecule has 4 rings (SSSR count). The van der Waals surface area contributed by atoms with Crippen molar-refractivity contribution in [3.8, 4) is 0 Å². The molecule has 1 unspecified atom stereocenters. The van der Waals surface area contributed by atoms with E-state index in [1.54, 1.807) is 6.07 Å². The van der Waals surface area contributed by atoms with Gasteiger partial charge in [0.15, 0.2) is 0 Å². The quantitative estimate of drug-likeness (QED) is 0.461. The lowest BCUT2D eigenvalue weighted by Gasteiger charge is -2.17. The van der Waals surface area contributed by atoms with Crippen molar-refractivity contribution in [1.29, 1.82) is 0 Å². The van der Waals surface area contributed by atoms with Gasteiger partial charge in [-0.05, 0) is 42.8 Å². The Morgan fingerprint density at radius 1 is 1.04 bits per heavy atom. The highest BCUT2D eigenvalue weighted by atomic mass is 79.9. The van der Waals surface area contributed by atoms with Gasteiger partial charge in [-0.1, -0.05) is 64.5 Å². The van der Waals surface area contributed by atoms with Gasteiger partial charge < -0.3 is 9.88 Å². The van der Waals surface area contributed by atoms with Crippen molar-refractivity contribution in [2.75, 3.05) is 0 Å². The summed E-state index contributed by atoms with van der Waals surface area (Å²) in [6, 6.07) is 25.5. The fourth-order valence-electron chi connectivity index (χ4n) is 3.33. The van der Waals surface area contributed by atoms with Gasteiger partial charge in [-0.15, -0.1) is 0 Å². The molecule has 0 aliphatic heterocycles. The number of para-hydroxylation sites is 2. The normalized spacial score (nSPS) is 12.1. The van der Waals surface area contributed by atoms with Crippen molar-refractivity contribution < 1.29 is 4.79 Å². The number of carbonyl (C=O) groups excluding carboxylic acids is 1. The lowest BCUT2D eigenvalue weighted by atomic mass is 10.2. The van der Waals surface area contributed by atoms with Gasteiger partial charge in [-0.3, -0.25) is 4.79 Å². The van der Waals surface area contributed by atoms with E-state index < -0.39 is 0 Å². The molecule has 5 heteroatoms. The van der Waals surface area contributed by atoms with Crippen molar-refractivity contribution in [2.24, 2.45) is 0 Å². The molecule has 1 amide bonds. The van der Waals surface area contributed by atoms with Gasteiger partial charge in [0, 0.05) is 16.6 Å². The average Bonchev–Trinajstić information content (AvgIpc) is 3.07. The number of imidazole rings is 1. The molecule has 0 aliphatic rings. The molecule has 4 aromatic rings. The lowest BCUT2D eigenvalue weighted by molar-refractivity contribution is 0.0937. The molecule has 1 heterocycles. The summed E-state index contributed by atoms with van der Waals surface area (Å²) in [6.07, 6.45) is 0. The van der Waals surface area contributed by atoms with E-state index in [1.165, 1.54) is 5.56 Å². The summed E-state index contributed by atoms with van der Waals surface area (Å²) in [4.78, 5) is 17.5. The van der Waals surface area contributed by atoms with E-state index in [0.29, 0.717) is 12.1 Å². The van der Waals surface area contributed by atoms with E-state index >= 15 is 0 Å². The molecule has 0 fully saturated rings. The smallest absolute Gasteiger partial charge is 0.251 e. The Morgan fingerprint density at radius 3 is 2.57 bits per heavy atom. The first-order valence-corrected chi connectivity index (χ1v) is 9.96. The zero-order valence-corrected chi connectivity index (χ0v) is 17.1. The summed E-state index contributed by atoms with van der Waals surface area (Å²) >= 11 is 3.42. The first kappa shape index (κ1) is 18.4.